The van der Waals surface area contributed by atoms with Gasteiger partial charge < -0.3 is 10.6 Å². The molecule has 0 spiro atoms. The van der Waals surface area contributed by atoms with E-state index in [0.717, 1.165) is 17.7 Å². The summed E-state index contributed by atoms with van der Waals surface area (Å²) in [4.78, 5) is 13.3. The summed E-state index contributed by atoms with van der Waals surface area (Å²) in [5.41, 5.74) is 2.26. The van der Waals surface area contributed by atoms with Gasteiger partial charge in [-0.15, -0.1) is 0 Å². The number of pyridine rings is 1. The van der Waals surface area contributed by atoms with Crippen molar-refractivity contribution in [2.45, 2.75) is 26.3 Å². The van der Waals surface area contributed by atoms with Gasteiger partial charge in [0.1, 0.15) is 5.82 Å². The molecule has 2 aromatic heterocycles. The van der Waals surface area contributed by atoms with Gasteiger partial charge in [-0.1, -0.05) is 36.2 Å². The summed E-state index contributed by atoms with van der Waals surface area (Å²) >= 11 is 12.5. The van der Waals surface area contributed by atoms with Crippen molar-refractivity contribution < 1.29 is 0 Å². The zero-order valence-corrected chi connectivity index (χ0v) is 16.0. The van der Waals surface area contributed by atoms with Crippen LogP contribution in [0.1, 0.15) is 20.3 Å². The predicted octanol–water partition coefficient (Wildman–Crippen LogP) is 5.80. The molecule has 0 bridgehead atoms. The monoisotopic (exact) mass is 387 g/mol. The van der Waals surface area contributed by atoms with E-state index in [0.29, 0.717) is 27.5 Å². The van der Waals surface area contributed by atoms with Crippen LogP contribution in [-0.4, -0.2) is 21.0 Å². The van der Waals surface area contributed by atoms with Crippen LogP contribution in [0.3, 0.4) is 0 Å². The number of hydrogen-bond donors (Lipinski definition) is 2. The highest BCUT2D eigenvalue weighted by Gasteiger charge is 2.12. The summed E-state index contributed by atoms with van der Waals surface area (Å²) in [7, 11) is 0. The molecule has 1 atom stereocenters. The van der Waals surface area contributed by atoms with Gasteiger partial charge in [-0.3, -0.25) is 4.98 Å². The molecule has 0 fully saturated rings. The van der Waals surface area contributed by atoms with Gasteiger partial charge in [0.15, 0.2) is 0 Å². The van der Waals surface area contributed by atoms with Gasteiger partial charge in [0.25, 0.3) is 0 Å². The minimum atomic E-state index is 0.246. The summed E-state index contributed by atoms with van der Waals surface area (Å²) in [5, 5.41) is 7.56. The number of rotatable bonds is 6. The first-order valence-corrected chi connectivity index (χ1v) is 9.09. The van der Waals surface area contributed by atoms with Crippen molar-refractivity contribution in [2.24, 2.45) is 0 Å². The number of anilines is 3. The number of nitrogens with zero attached hydrogens (tertiary/aromatic N) is 3. The minimum Gasteiger partial charge on any atom is -0.352 e. The molecule has 0 unspecified atom stereocenters. The van der Waals surface area contributed by atoms with Gasteiger partial charge in [-0.2, -0.15) is 4.98 Å². The normalized spacial score (nSPS) is 11.8. The molecule has 134 valence electrons. The molecule has 0 amide bonds. The van der Waals surface area contributed by atoms with Crippen LogP contribution < -0.4 is 10.6 Å². The first-order chi connectivity index (χ1) is 12.6. The summed E-state index contributed by atoms with van der Waals surface area (Å²) < 4.78 is 0. The fraction of sp³-hybridized carbons (Fsp3) is 0.211. The maximum Gasteiger partial charge on any atom is 0.225 e. The summed E-state index contributed by atoms with van der Waals surface area (Å²) in [6, 6.07) is 11.3. The second-order valence-electron chi connectivity index (χ2n) is 5.88. The highest BCUT2D eigenvalue weighted by Crippen LogP contribution is 2.33. The van der Waals surface area contributed by atoms with Gasteiger partial charge in [0.2, 0.25) is 5.95 Å². The molecular weight excluding hydrogens is 369 g/mol. The molecule has 0 aliphatic heterocycles. The van der Waals surface area contributed by atoms with Crippen LogP contribution in [0.2, 0.25) is 10.0 Å². The highest BCUT2D eigenvalue weighted by atomic mass is 35.5. The van der Waals surface area contributed by atoms with Crippen molar-refractivity contribution in [1.29, 1.82) is 0 Å². The Morgan fingerprint density at radius 3 is 2.50 bits per heavy atom. The molecule has 2 heterocycles. The van der Waals surface area contributed by atoms with E-state index < -0.39 is 0 Å². The van der Waals surface area contributed by atoms with Crippen molar-refractivity contribution in [3.63, 3.8) is 0 Å². The lowest BCUT2D eigenvalue weighted by atomic mass is 10.2. The number of benzene rings is 1. The molecule has 0 aliphatic carbocycles. The van der Waals surface area contributed by atoms with Crippen LogP contribution in [0.25, 0.3) is 11.3 Å². The Kier molecular flexibility index (Phi) is 5.91. The fourth-order valence-electron chi connectivity index (χ4n) is 2.31. The summed E-state index contributed by atoms with van der Waals surface area (Å²) in [6.07, 6.45) is 4.45. The first-order valence-electron chi connectivity index (χ1n) is 8.34. The van der Waals surface area contributed by atoms with Gasteiger partial charge in [0.05, 0.1) is 21.4 Å². The van der Waals surface area contributed by atoms with E-state index in [1.54, 1.807) is 30.6 Å². The number of halogens is 2. The van der Waals surface area contributed by atoms with E-state index in [-0.39, 0.29) is 6.04 Å². The predicted molar refractivity (Wildman–Crippen MR) is 108 cm³/mol. The molecule has 0 aliphatic rings. The number of aromatic nitrogens is 3. The molecular formula is C19H19Cl2N5. The van der Waals surface area contributed by atoms with Crippen LogP contribution in [0, 0.1) is 0 Å². The quantitative estimate of drug-likeness (QED) is 0.559. The Labute approximate surface area is 162 Å². The average molecular weight is 388 g/mol. The molecule has 3 aromatic rings. The standard InChI is InChI=1S/C19H19Cl2N5/c1-3-12(2)23-19-24-16(13-6-5-9-22-11-13)10-17(26-19)25-18-14(20)7-4-8-15(18)21/h4-12H,3H2,1-2H3,(H2,23,24,25,26)/t12-/m0/s1. The number of nitrogens with one attached hydrogen (secondary N) is 2. The smallest absolute Gasteiger partial charge is 0.225 e. The highest BCUT2D eigenvalue weighted by molar-refractivity contribution is 6.39. The van der Waals surface area contributed by atoms with E-state index in [1.807, 2.05) is 18.2 Å². The van der Waals surface area contributed by atoms with E-state index in [4.69, 9.17) is 23.2 Å². The van der Waals surface area contributed by atoms with E-state index in [9.17, 15) is 0 Å². The van der Waals surface area contributed by atoms with Crippen LogP contribution >= 0.6 is 23.2 Å². The van der Waals surface area contributed by atoms with Crippen LogP contribution in [0.4, 0.5) is 17.5 Å². The third-order valence-electron chi connectivity index (χ3n) is 3.89. The Morgan fingerprint density at radius 2 is 1.85 bits per heavy atom. The van der Waals surface area contributed by atoms with Gasteiger partial charge >= 0.3 is 0 Å². The van der Waals surface area contributed by atoms with Gasteiger partial charge in [-0.05, 0) is 37.6 Å². The lowest BCUT2D eigenvalue weighted by Crippen LogP contribution is -2.16. The number of para-hydroxylation sites is 1. The van der Waals surface area contributed by atoms with Gasteiger partial charge in [-0.25, -0.2) is 4.98 Å². The van der Waals surface area contributed by atoms with Crippen molar-refractivity contribution in [3.05, 3.63) is 58.8 Å². The zero-order valence-electron chi connectivity index (χ0n) is 14.5. The number of hydrogen-bond acceptors (Lipinski definition) is 5. The molecule has 3 rings (SSSR count). The molecule has 0 saturated carbocycles. The fourth-order valence-corrected chi connectivity index (χ4v) is 2.80. The molecule has 5 nitrogen and oxygen atoms in total. The van der Waals surface area contributed by atoms with Crippen LogP contribution in [0.15, 0.2) is 48.8 Å². The molecule has 26 heavy (non-hydrogen) atoms. The lowest BCUT2D eigenvalue weighted by molar-refractivity contribution is 0.753. The summed E-state index contributed by atoms with van der Waals surface area (Å²) in [6.45, 7) is 4.18. The average Bonchev–Trinajstić information content (AvgIpc) is 2.65. The Balaban J connectivity index is 2.02. The first kappa shape index (κ1) is 18.4. The second-order valence-corrected chi connectivity index (χ2v) is 6.69. The van der Waals surface area contributed by atoms with Crippen molar-refractivity contribution in [1.82, 2.24) is 15.0 Å². The molecule has 0 saturated heterocycles. The largest absolute Gasteiger partial charge is 0.352 e. The van der Waals surface area contributed by atoms with E-state index in [1.165, 1.54) is 0 Å². The maximum absolute atomic E-state index is 6.27. The van der Waals surface area contributed by atoms with E-state index >= 15 is 0 Å². The summed E-state index contributed by atoms with van der Waals surface area (Å²) in [5.74, 6) is 1.13. The van der Waals surface area contributed by atoms with Crippen LogP contribution in [0.5, 0.6) is 0 Å². The molecule has 7 heteroatoms. The van der Waals surface area contributed by atoms with Crippen LogP contribution in [-0.2, 0) is 0 Å². The Morgan fingerprint density at radius 1 is 1.08 bits per heavy atom. The third kappa shape index (κ3) is 4.42. The lowest BCUT2D eigenvalue weighted by Gasteiger charge is -2.15. The molecule has 2 N–H and O–H groups in total. The molecule has 1 aromatic carbocycles. The topological polar surface area (TPSA) is 62.7 Å². The second kappa shape index (κ2) is 8.34. The van der Waals surface area contributed by atoms with E-state index in [2.05, 4.69) is 39.4 Å². The third-order valence-corrected chi connectivity index (χ3v) is 4.52. The van der Waals surface area contributed by atoms with Crippen molar-refractivity contribution in [2.75, 3.05) is 10.6 Å². The Hall–Kier alpha value is -2.37. The van der Waals surface area contributed by atoms with Crippen molar-refractivity contribution >= 4 is 40.7 Å². The Bertz CT molecular complexity index is 866. The van der Waals surface area contributed by atoms with Crippen molar-refractivity contribution in [3.8, 4) is 11.3 Å². The SMILES string of the molecule is CC[C@H](C)Nc1nc(Nc2c(Cl)cccc2Cl)cc(-c2cccnc2)n1. The minimum absolute atomic E-state index is 0.246. The van der Waals surface area contributed by atoms with Gasteiger partial charge in [0, 0.05) is 30.1 Å². The maximum atomic E-state index is 6.27. The molecule has 0 radical (unpaired) electrons. The zero-order chi connectivity index (χ0) is 18.5.